The third-order valence-electron chi connectivity index (χ3n) is 0.359. The molecule has 38 valence electrons. The van der Waals surface area contributed by atoms with Crippen molar-refractivity contribution >= 4 is 29.0 Å². The van der Waals surface area contributed by atoms with Crippen LogP contribution in [0.15, 0.2) is 0 Å². The maximum absolute atomic E-state index is 2.51. The van der Waals surface area contributed by atoms with E-state index in [-0.39, 0.29) is 7.18 Å². The topological polar surface area (TPSA) is 0 Å². The Bertz CT molecular complexity index is 40.5. The summed E-state index contributed by atoms with van der Waals surface area (Å²) in [5.41, 5.74) is 0. The number of rotatable bonds is 1. The van der Waals surface area contributed by atoms with Gasteiger partial charge in [-0.1, -0.05) is 0 Å². The predicted octanol–water partition coefficient (Wildman–Crippen LogP) is 0.126. The largest absolute Gasteiger partial charge is 0.388 e. The van der Waals surface area contributed by atoms with Crippen molar-refractivity contribution in [1.82, 2.24) is 0 Å². The average molecular weight is 216 g/mol. The van der Waals surface area contributed by atoms with Crippen molar-refractivity contribution in [3.05, 3.63) is 0 Å². The molecule has 0 bridgehead atoms. The van der Waals surface area contributed by atoms with E-state index in [0.29, 0.717) is 0 Å². The van der Waals surface area contributed by atoms with E-state index in [9.17, 15) is 0 Å². The van der Waals surface area contributed by atoms with Crippen molar-refractivity contribution in [1.29, 1.82) is 0 Å². The normalized spacial score (nSPS) is 14.0. The van der Waals surface area contributed by atoms with E-state index < -0.39 is 0 Å². The fourth-order valence-electron chi connectivity index (χ4n) is 0. The lowest BCUT2D eigenvalue weighted by Crippen LogP contribution is -2.34. The molecule has 6 heavy (non-hydrogen) atoms. The van der Waals surface area contributed by atoms with E-state index in [1.54, 1.807) is 0 Å². The Balaban J connectivity index is 3.17. The third kappa shape index (κ3) is 4.91. The number of halogens is 1. The number of nitrogens with zero attached hydrogens (tertiary/aromatic N) is 1. The lowest BCUT2D eigenvalue weighted by Gasteiger charge is -2.20. The molecule has 0 aliphatic rings. The molecule has 3 heteroatoms. The summed E-state index contributed by atoms with van der Waals surface area (Å²) in [7, 11) is 6.86. The van der Waals surface area contributed by atoms with Gasteiger partial charge in [-0.2, -0.15) is 0 Å². The highest BCUT2D eigenvalue weighted by Gasteiger charge is 2.00. The molecule has 0 heterocycles. The molecule has 0 aromatic heterocycles. The highest BCUT2D eigenvalue weighted by Crippen LogP contribution is 1.89. The van der Waals surface area contributed by atoms with Crippen LogP contribution in [-0.4, -0.2) is 32.5 Å². The highest BCUT2D eigenvalue weighted by atomic mass is 127. The molecular weight excluding hydrogens is 205 g/mol. The number of hydrogen-bond donors (Lipinski definition) is 0. The number of quaternary nitrogens is 1. The van der Waals surface area contributed by atoms with Gasteiger partial charge in [-0.3, -0.25) is 0 Å². The molecule has 0 aliphatic carbocycles. The summed E-state index contributed by atoms with van der Waals surface area (Å²) >= 11 is 2.51. The first kappa shape index (κ1) is 6.91. The molecule has 0 saturated carbocycles. The van der Waals surface area contributed by atoms with Gasteiger partial charge in [-0.15, -0.1) is 0 Å². The minimum atomic E-state index is 0.160. The zero-order valence-electron chi connectivity index (χ0n) is 4.53. The van der Waals surface area contributed by atoms with Crippen molar-refractivity contribution in [2.75, 3.05) is 21.1 Å². The van der Waals surface area contributed by atoms with Gasteiger partial charge >= 0.3 is 7.18 Å². The quantitative estimate of drug-likeness (QED) is 0.332. The molecule has 0 saturated heterocycles. The molecule has 0 radical (unpaired) electrons. The number of hydrogen-bond acceptors (Lipinski definition) is 0. The first-order valence-corrected chi connectivity index (χ1v) is 7.67. The molecule has 0 unspecified atom stereocenters. The molecule has 0 N–H and O–H groups in total. The van der Waals surface area contributed by atoms with Crippen molar-refractivity contribution < 1.29 is 4.15 Å². The fraction of sp³-hybridized carbons (Fsp3) is 1.00. The second kappa shape index (κ2) is 2.27. The van der Waals surface area contributed by atoms with Crippen LogP contribution in [0, 0.1) is 0 Å². The van der Waals surface area contributed by atoms with Crippen LogP contribution in [0.5, 0.6) is 0 Å². The summed E-state index contributed by atoms with van der Waals surface area (Å²) in [5, 5.41) is 0. The van der Waals surface area contributed by atoms with Crippen LogP contribution in [0.25, 0.3) is 0 Å². The van der Waals surface area contributed by atoms with E-state index in [2.05, 4.69) is 42.9 Å². The highest BCUT2D eigenvalue weighted by molar-refractivity contribution is 14.1. The Morgan fingerprint density at radius 2 is 1.50 bits per heavy atom. The standard InChI is InChI=1S/C3H11INSi/c1-5(2,3)6-4/h6H2,1-3H3/q+1. The monoisotopic (exact) mass is 216 g/mol. The molecule has 0 amide bonds. The van der Waals surface area contributed by atoms with Gasteiger partial charge in [0.25, 0.3) is 0 Å². The van der Waals surface area contributed by atoms with E-state index in [1.807, 2.05) is 0 Å². The van der Waals surface area contributed by atoms with Gasteiger partial charge in [0.05, 0.1) is 21.1 Å². The van der Waals surface area contributed by atoms with Gasteiger partial charge in [0.1, 0.15) is 0 Å². The molecule has 0 fully saturated rings. The van der Waals surface area contributed by atoms with Crippen LogP contribution in [0.3, 0.4) is 0 Å². The second-order valence-corrected chi connectivity index (χ2v) is 6.59. The summed E-state index contributed by atoms with van der Waals surface area (Å²) in [6, 6.07) is 0. The van der Waals surface area contributed by atoms with Crippen molar-refractivity contribution in [3.8, 4) is 0 Å². The van der Waals surface area contributed by atoms with Crippen LogP contribution in [0.2, 0.25) is 0 Å². The van der Waals surface area contributed by atoms with Crippen LogP contribution >= 0.6 is 21.8 Å². The van der Waals surface area contributed by atoms with E-state index in [0.717, 1.165) is 0 Å². The molecule has 0 aromatic carbocycles. The zero-order chi connectivity index (χ0) is 5.21. The summed E-state index contributed by atoms with van der Waals surface area (Å²) < 4.78 is 1.20. The maximum atomic E-state index is 2.51. The fourth-order valence-corrected chi connectivity index (χ4v) is 0. The Morgan fingerprint density at radius 1 is 1.33 bits per heavy atom. The van der Waals surface area contributed by atoms with E-state index in [4.69, 9.17) is 0 Å². The first-order valence-electron chi connectivity index (χ1n) is 1.93. The molecule has 0 atom stereocenters. The van der Waals surface area contributed by atoms with E-state index >= 15 is 0 Å². The van der Waals surface area contributed by atoms with Crippen LogP contribution < -0.4 is 0 Å². The predicted molar refractivity (Wildman–Crippen MR) is 40.6 cm³/mol. The lowest BCUT2D eigenvalue weighted by atomic mass is 11.0. The maximum Gasteiger partial charge on any atom is 0.320 e. The van der Waals surface area contributed by atoms with Crippen LogP contribution in [0.1, 0.15) is 0 Å². The van der Waals surface area contributed by atoms with Crippen LogP contribution in [0.4, 0.5) is 0 Å². The summed E-state index contributed by atoms with van der Waals surface area (Å²) in [5.74, 6) is 0. The van der Waals surface area contributed by atoms with Gasteiger partial charge < -0.3 is 4.15 Å². The Hall–Kier alpha value is 0.907. The van der Waals surface area contributed by atoms with E-state index in [1.165, 1.54) is 4.15 Å². The molecular formula is C3H11INSi+. The third-order valence-corrected chi connectivity index (χ3v) is 7.22. The SMILES string of the molecule is C[N+](C)(C)[SiH2]I. The zero-order valence-corrected chi connectivity index (χ0v) is 8.10. The Labute approximate surface area is 54.4 Å². The molecule has 0 aliphatic heterocycles. The summed E-state index contributed by atoms with van der Waals surface area (Å²) in [6.07, 6.45) is 0. The smallest absolute Gasteiger partial charge is 0.320 e. The lowest BCUT2D eigenvalue weighted by molar-refractivity contribution is -0.750. The van der Waals surface area contributed by atoms with Gasteiger partial charge in [0, 0.05) is 0 Å². The molecule has 0 spiro atoms. The molecule has 1 nitrogen and oxygen atoms in total. The van der Waals surface area contributed by atoms with Crippen LogP contribution in [-0.2, 0) is 0 Å². The van der Waals surface area contributed by atoms with Gasteiger partial charge in [-0.05, 0) is 21.8 Å². The average Bonchev–Trinajstić information content (AvgIpc) is 1.35. The first-order chi connectivity index (χ1) is 2.56. The molecule has 0 aromatic rings. The summed E-state index contributed by atoms with van der Waals surface area (Å²) in [6.45, 7) is 0. The minimum absolute atomic E-state index is 0.160. The summed E-state index contributed by atoms with van der Waals surface area (Å²) in [4.78, 5) is 0. The Kier molecular flexibility index (Phi) is 2.62. The second-order valence-electron chi connectivity index (χ2n) is 2.41. The van der Waals surface area contributed by atoms with Crippen molar-refractivity contribution in [3.63, 3.8) is 0 Å². The van der Waals surface area contributed by atoms with Gasteiger partial charge in [-0.25, -0.2) is 0 Å². The van der Waals surface area contributed by atoms with Crippen molar-refractivity contribution in [2.45, 2.75) is 0 Å². The molecule has 0 rings (SSSR count). The minimum Gasteiger partial charge on any atom is -0.388 e. The van der Waals surface area contributed by atoms with Gasteiger partial charge in [0.15, 0.2) is 0 Å². The van der Waals surface area contributed by atoms with Crippen molar-refractivity contribution in [2.24, 2.45) is 0 Å². The Morgan fingerprint density at radius 3 is 1.50 bits per heavy atom. The van der Waals surface area contributed by atoms with Gasteiger partial charge in [0.2, 0.25) is 0 Å².